The first-order valence-corrected chi connectivity index (χ1v) is 7.90. The Morgan fingerprint density at radius 2 is 1.95 bits per heavy atom. The first-order valence-electron chi connectivity index (χ1n) is 6.27. The highest BCUT2D eigenvalue weighted by molar-refractivity contribution is 7.09. The average molecular weight is 330 g/mol. The van der Waals surface area contributed by atoms with E-state index in [9.17, 15) is 0 Å². The molecule has 0 radical (unpaired) electrons. The summed E-state index contributed by atoms with van der Waals surface area (Å²) in [6.45, 7) is 3.25. The monoisotopic (exact) mass is 329 g/mol. The molecule has 6 heteroatoms. The summed E-state index contributed by atoms with van der Waals surface area (Å²) in [5.41, 5.74) is 8.00. The zero-order chi connectivity index (χ0) is 14.7. The number of benzene rings is 1. The molecule has 2 aromatic rings. The fraction of sp³-hybridized carbons (Fsp3) is 0.357. The van der Waals surface area contributed by atoms with E-state index in [0.29, 0.717) is 16.6 Å². The van der Waals surface area contributed by atoms with Gasteiger partial charge in [-0.25, -0.2) is 4.98 Å². The second kappa shape index (κ2) is 6.87. The number of thiazole rings is 1. The molecule has 0 aliphatic rings. The van der Waals surface area contributed by atoms with E-state index in [4.69, 9.17) is 28.9 Å². The van der Waals surface area contributed by atoms with Gasteiger partial charge in [0.2, 0.25) is 0 Å². The zero-order valence-corrected chi connectivity index (χ0v) is 13.8. The van der Waals surface area contributed by atoms with Crippen LogP contribution in [0.5, 0.6) is 0 Å². The Morgan fingerprint density at radius 3 is 2.45 bits per heavy atom. The predicted octanol–water partition coefficient (Wildman–Crippen LogP) is 3.89. The lowest BCUT2D eigenvalue weighted by atomic mass is 10.1. The van der Waals surface area contributed by atoms with Crippen LogP contribution in [-0.2, 0) is 6.54 Å². The maximum absolute atomic E-state index is 6.06. The Balaban J connectivity index is 2.18. The molecule has 1 unspecified atom stereocenters. The van der Waals surface area contributed by atoms with Crippen LogP contribution in [0.15, 0.2) is 23.6 Å². The Hall–Kier alpha value is -0.650. The molecule has 0 fully saturated rings. The van der Waals surface area contributed by atoms with Gasteiger partial charge >= 0.3 is 0 Å². The number of aryl methyl sites for hydroxylation is 1. The third kappa shape index (κ3) is 3.93. The summed E-state index contributed by atoms with van der Waals surface area (Å²) in [6.07, 6.45) is 0. The second-order valence-electron chi connectivity index (χ2n) is 4.73. The number of rotatable bonds is 5. The summed E-state index contributed by atoms with van der Waals surface area (Å²) in [7, 11) is 2.03. The lowest BCUT2D eigenvalue weighted by molar-refractivity contribution is 0.239. The molecule has 1 aromatic heterocycles. The van der Waals surface area contributed by atoms with E-state index >= 15 is 0 Å². The van der Waals surface area contributed by atoms with Crippen LogP contribution < -0.4 is 5.73 Å². The lowest BCUT2D eigenvalue weighted by Crippen LogP contribution is -2.30. The molecule has 3 nitrogen and oxygen atoms in total. The van der Waals surface area contributed by atoms with Crippen LogP contribution in [0.1, 0.15) is 22.3 Å². The van der Waals surface area contributed by atoms with Crippen molar-refractivity contribution in [3.05, 3.63) is 49.9 Å². The SMILES string of the molecule is Cc1nc(CN(C)C(CN)c2cc(Cl)cc(Cl)c2)cs1. The van der Waals surface area contributed by atoms with Crippen LogP contribution in [0, 0.1) is 6.92 Å². The summed E-state index contributed by atoms with van der Waals surface area (Å²) < 4.78 is 0. The van der Waals surface area contributed by atoms with Gasteiger partial charge in [0, 0.05) is 34.6 Å². The number of aromatic nitrogens is 1. The molecule has 0 aliphatic heterocycles. The molecule has 1 aromatic carbocycles. The van der Waals surface area contributed by atoms with Gasteiger partial charge in [-0.3, -0.25) is 4.90 Å². The number of hydrogen-bond donors (Lipinski definition) is 1. The Kier molecular flexibility index (Phi) is 5.41. The van der Waals surface area contributed by atoms with Crippen LogP contribution in [0.4, 0.5) is 0 Å². The molecule has 0 amide bonds. The van der Waals surface area contributed by atoms with Gasteiger partial charge in [0.15, 0.2) is 0 Å². The van der Waals surface area contributed by atoms with Gasteiger partial charge in [-0.05, 0) is 37.7 Å². The van der Waals surface area contributed by atoms with Gasteiger partial charge in [-0.2, -0.15) is 0 Å². The zero-order valence-electron chi connectivity index (χ0n) is 11.4. The fourth-order valence-corrected chi connectivity index (χ4v) is 3.33. The number of nitrogens with zero attached hydrogens (tertiary/aromatic N) is 2. The van der Waals surface area contributed by atoms with Crippen LogP contribution in [-0.4, -0.2) is 23.5 Å². The number of nitrogens with two attached hydrogens (primary N) is 1. The molecule has 0 saturated carbocycles. The minimum absolute atomic E-state index is 0.0632. The largest absolute Gasteiger partial charge is 0.329 e. The normalized spacial score (nSPS) is 12.9. The number of likely N-dealkylation sites (N-methyl/N-ethyl adjacent to an activating group) is 1. The topological polar surface area (TPSA) is 42.2 Å². The minimum Gasteiger partial charge on any atom is -0.329 e. The minimum atomic E-state index is 0.0632. The lowest BCUT2D eigenvalue weighted by Gasteiger charge is -2.27. The molecule has 2 rings (SSSR count). The van der Waals surface area contributed by atoms with Gasteiger partial charge in [0.1, 0.15) is 0 Å². The van der Waals surface area contributed by atoms with Crippen molar-refractivity contribution in [2.75, 3.05) is 13.6 Å². The summed E-state index contributed by atoms with van der Waals surface area (Å²) in [5.74, 6) is 0. The standard InChI is InChI=1S/C14H17Cl2N3S/c1-9-18-13(8-20-9)7-19(2)14(6-17)10-3-11(15)5-12(16)4-10/h3-5,8,14H,6-7,17H2,1-2H3. The van der Waals surface area contributed by atoms with Crippen molar-refractivity contribution in [1.29, 1.82) is 0 Å². The molecule has 1 atom stereocenters. The van der Waals surface area contributed by atoms with E-state index in [0.717, 1.165) is 22.8 Å². The van der Waals surface area contributed by atoms with Crippen LogP contribution in [0.3, 0.4) is 0 Å². The van der Waals surface area contributed by atoms with Crippen molar-refractivity contribution in [3.8, 4) is 0 Å². The number of halogens is 2. The van der Waals surface area contributed by atoms with E-state index in [2.05, 4.69) is 15.3 Å². The van der Waals surface area contributed by atoms with Crippen molar-refractivity contribution in [2.24, 2.45) is 5.73 Å². The number of hydrogen-bond acceptors (Lipinski definition) is 4. The molecule has 0 aliphatic carbocycles. The van der Waals surface area contributed by atoms with E-state index < -0.39 is 0 Å². The van der Waals surface area contributed by atoms with Gasteiger partial charge in [0.05, 0.1) is 10.7 Å². The van der Waals surface area contributed by atoms with Gasteiger partial charge in [0.25, 0.3) is 0 Å². The maximum atomic E-state index is 6.06. The van der Waals surface area contributed by atoms with E-state index in [-0.39, 0.29) is 6.04 Å². The quantitative estimate of drug-likeness (QED) is 0.904. The molecule has 0 spiro atoms. The van der Waals surface area contributed by atoms with Crippen LogP contribution in [0.25, 0.3) is 0 Å². The van der Waals surface area contributed by atoms with E-state index in [1.807, 2.05) is 26.1 Å². The molecule has 2 N–H and O–H groups in total. The summed E-state index contributed by atoms with van der Waals surface area (Å²) in [4.78, 5) is 6.64. The molecule has 0 saturated heterocycles. The first kappa shape index (κ1) is 15.7. The van der Waals surface area contributed by atoms with Crippen molar-refractivity contribution in [1.82, 2.24) is 9.88 Å². The highest BCUT2D eigenvalue weighted by Crippen LogP contribution is 2.27. The summed E-state index contributed by atoms with van der Waals surface area (Å²) in [5, 5.41) is 4.40. The Labute approximate surface area is 133 Å². The average Bonchev–Trinajstić information content (AvgIpc) is 2.74. The molecule has 108 valence electrons. The van der Waals surface area contributed by atoms with Gasteiger partial charge < -0.3 is 5.73 Å². The summed E-state index contributed by atoms with van der Waals surface area (Å²) in [6, 6.07) is 5.61. The van der Waals surface area contributed by atoms with Gasteiger partial charge in [-0.15, -0.1) is 11.3 Å². The molecule has 1 heterocycles. The maximum Gasteiger partial charge on any atom is 0.0897 e. The highest BCUT2D eigenvalue weighted by Gasteiger charge is 2.17. The van der Waals surface area contributed by atoms with Crippen molar-refractivity contribution in [2.45, 2.75) is 19.5 Å². The predicted molar refractivity (Wildman–Crippen MR) is 86.6 cm³/mol. The Bertz CT molecular complexity index is 565. The Morgan fingerprint density at radius 1 is 1.30 bits per heavy atom. The summed E-state index contributed by atoms with van der Waals surface area (Å²) >= 11 is 13.8. The molecular weight excluding hydrogens is 313 g/mol. The van der Waals surface area contributed by atoms with E-state index in [1.54, 1.807) is 17.4 Å². The third-order valence-corrected chi connectivity index (χ3v) is 4.36. The van der Waals surface area contributed by atoms with Crippen molar-refractivity contribution >= 4 is 34.5 Å². The second-order valence-corrected chi connectivity index (χ2v) is 6.66. The molecule has 20 heavy (non-hydrogen) atoms. The van der Waals surface area contributed by atoms with Crippen LogP contribution in [0.2, 0.25) is 10.0 Å². The van der Waals surface area contributed by atoms with Crippen molar-refractivity contribution < 1.29 is 0 Å². The fourth-order valence-electron chi connectivity index (χ4n) is 2.18. The molecular formula is C14H17Cl2N3S. The van der Waals surface area contributed by atoms with Crippen LogP contribution >= 0.6 is 34.5 Å². The van der Waals surface area contributed by atoms with Gasteiger partial charge in [-0.1, -0.05) is 23.2 Å². The van der Waals surface area contributed by atoms with Crippen molar-refractivity contribution in [3.63, 3.8) is 0 Å². The third-order valence-electron chi connectivity index (χ3n) is 3.10. The first-order chi connectivity index (χ1) is 9.49. The highest BCUT2D eigenvalue weighted by atomic mass is 35.5. The molecule has 0 bridgehead atoms. The smallest absolute Gasteiger partial charge is 0.0897 e. The van der Waals surface area contributed by atoms with E-state index in [1.165, 1.54) is 0 Å².